The van der Waals surface area contributed by atoms with Gasteiger partial charge in [-0.3, -0.25) is 4.79 Å². The molecule has 1 saturated heterocycles. The summed E-state index contributed by atoms with van der Waals surface area (Å²) in [6, 6.07) is 7.09. The normalized spacial score (nSPS) is 17.7. The lowest BCUT2D eigenvalue weighted by molar-refractivity contribution is -0.132. The average Bonchev–Trinajstić information content (AvgIpc) is 2.85. The summed E-state index contributed by atoms with van der Waals surface area (Å²) < 4.78 is 5.46. The van der Waals surface area contributed by atoms with Crippen molar-refractivity contribution in [3.8, 4) is 5.75 Å². The Balaban J connectivity index is 0.00000200. The maximum Gasteiger partial charge on any atom is 0.260 e. The summed E-state index contributed by atoms with van der Waals surface area (Å²) in [7, 11) is 1.94. The van der Waals surface area contributed by atoms with Crippen molar-refractivity contribution in [1.29, 1.82) is 0 Å². The van der Waals surface area contributed by atoms with Crippen molar-refractivity contribution < 1.29 is 9.53 Å². The second-order valence-electron chi connectivity index (χ2n) is 4.80. The number of hydrogen-bond acceptors (Lipinski definition) is 3. The summed E-state index contributed by atoms with van der Waals surface area (Å²) in [5, 5.41) is 3.76. The lowest BCUT2D eigenvalue weighted by Crippen LogP contribution is -2.34. The molecule has 1 fully saturated rings. The molecule has 1 aliphatic heterocycles. The maximum atomic E-state index is 12.0. The number of benzene rings is 1. The third-order valence-corrected chi connectivity index (χ3v) is 3.52. The number of likely N-dealkylation sites (tertiary alicyclic amines) is 1. The Labute approximate surface area is 130 Å². The summed E-state index contributed by atoms with van der Waals surface area (Å²) >= 11 is 5.86. The molecule has 0 aromatic heterocycles. The SMILES string of the molecule is CNCC1CCN(C(=O)COc2cccc(Cl)c2)C1.Cl. The summed E-state index contributed by atoms with van der Waals surface area (Å²) in [4.78, 5) is 13.9. The zero-order chi connectivity index (χ0) is 13.7. The van der Waals surface area contributed by atoms with E-state index in [9.17, 15) is 4.79 Å². The van der Waals surface area contributed by atoms with Crippen molar-refractivity contribution in [2.75, 3.05) is 33.3 Å². The molecular formula is C14H20Cl2N2O2. The molecule has 20 heavy (non-hydrogen) atoms. The topological polar surface area (TPSA) is 41.6 Å². The van der Waals surface area contributed by atoms with E-state index in [-0.39, 0.29) is 24.9 Å². The predicted molar refractivity (Wildman–Crippen MR) is 82.8 cm³/mol. The maximum absolute atomic E-state index is 12.0. The fourth-order valence-corrected chi connectivity index (χ4v) is 2.49. The molecule has 1 aromatic carbocycles. The van der Waals surface area contributed by atoms with Crippen LogP contribution in [0.25, 0.3) is 0 Å². The molecule has 0 aliphatic carbocycles. The van der Waals surface area contributed by atoms with Crippen LogP contribution in [0.3, 0.4) is 0 Å². The van der Waals surface area contributed by atoms with Crippen LogP contribution in [0.2, 0.25) is 5.02 Å². The Bertz CT molecular complexity index is 443. The molecule has 1 N–H and O–H groups in total. The highest BCUT2D eigenvalue weighted by atomic mass is 35.5. The number of hydrogen-bond donors (Lipinski definition) is 1. The summed E-state index contributed by atoms with van der Waals surface area (Å²) in [5.41, 5.74) is 0. The molecule has 4 nitrogen and oxygen atoms in total. The van der Waals surface area contributed by atoms with Gasteiger partial charge >= 0.3 is 0 Å². The Morgan fingerprint density at radius 2 is 2.35 bits per heavy atom. The standard InChI is InChI=1S/C14H19ClN2O2.ClH/c1-16-8-11-5-6-17(9-11)14(18)10-19-13-4-2-3-12(15)7-13;/h2-4,7,11,16H,5-6,8-10H2,1H3;1H. The second kappa shape index (κ2) is 8.35. The minimum absolute atomic E-state index is 0. The van der Waals surface area contributed by atoms with E-state index < -0.39 is 0 Å². The molecule has 1 aromatic rings. The molecule has 1 unspecified atom stereocenters. The van der Waals surface area contributed by atoms with Gasteiger partial charge in [-0.25, -0.2) is 0 Å². The smallest absolute Gasteiger partial charge is 0.260 e. The molecule has 2 rings (SSSR count). The van der Waals surface area contributed by atoms with Crippen LogP contribution in [0.5, 0.6) is 5.75 Å². The molecule has 0 bridgehead atoms. The van der Waals surface area contributed by atoms with Crippen LogP contribution < -0.4 is 10.1 Å². The quantitative estimate of drug-likeness (QED) is 0.905. The van der Waals surface area contributed by atoms with Gasteiger partial charge < -0.3 is 15.0 Å². The van der Waals surface area contributed by atoms with E-state index in [2.05, 4.69) is 5.32 Å². The number of rotatable bonds is 5. The highest BCUT2D eigenvalue weighted by Crippen LogP contribution is 2.18. The number of carbonyl (C=O) groups is 1. The predicted octanol–water partition coefficient (Wildman–Crippen LogP) is 2.21. The molecule has 0 saturated carbocycles. The van der Waals surface area contributed by atoms with Gasteiger partial charge in [0.05, 0.1) is 0 Å². The molecule has 0 spiro atoms. The number of amides is 1. The van der Waals surface area contributed by atoms with Crippen LogP contribution in [0.1, 0.15) is 6.42 Å². The lowest BCUT2D eigenvalue weighted by atomic mass is 10.1. The van der Waals surface area contributed by atoms with Crippen LogP contribution in [-0.4, -0.2) is 44.1 Å². The van der Waals surface area contributed by atoms with Gasteiger partial charge in [0.2, 0.25) is 0 Å². The van der Waals surface area contributed by atoms with Crippen molar-refractivity contribution in [2.24, 2.45) is 5.92 Å². The van der Waals surface area contributed by atoms with Crippen molar-refractivity contribution in [1.82, 2.24) is 10.2 Å². The van der Waals surface area contributed by atoms with Gasteiger partial charge in [0.1, 0.15) is 5.75 Å². The van der Waals surface area contributed by atoms with Gasteiger partial charge in [0.25, 0.3) is 5.91 Å². The van der Waals surface area contributed by atoms with Gasteiger partial charge in [-0.1, -0.05) is 17.7 Å². The first-order valence-electron chi connectivity index (χ1n) is 6.50. The summed E-state index contributed by atoms with van der Waals surface area (Å²) in [6.45, 7) is 2.67. The zero-order valence-corrected chi connectivity index (χ0v) is 13.0. The Morgan fingerprint density at radius 3 is 3.05 bits per heavy atom. The van der Waals surface area contributed by atoms with Gasteiger partial charge in [0, 0.05) is 18.1 Å². The minimum atomic E-state index is 0. The third kappa shape index (κ3) is 4.85. The zero-order valence-electron chi connectivity index (χ0n) is 11.5. The Kier molecular flexibility index (Phi) is 7.13. The van der Waals surface area contributed by atoms with E-state index in [4.69, 9.17) is 16.3 Å². The number of nitrogens with one attached hydrogen (secondary N) is 1. The number of nitrogens with zero attached hydrogens (tertiary/aromatic N) is 1. The molecular weight excluding hydrogens is 299 g/mol. The number of ether oxygens (including phenoxy) is 1. The van der Waals surface area contributed by atoms with E-state index in [1.807, 2.05) is 11.9 Å². The summed E-state index contributed by atoms with van der Waals surface area (Å²) in [6.07, 6.45) is 1.06. The summed E-state index contributed by atoms with van der Waals surface area (Å²) in [5.74, 6) is 1.23. The van der Waals surface area contributed by atoms with Crippen molar-refractivity contribution in [3.05, 3.63) is 29.3 Å². The molecule has 1 aliphatic rings. The van der Waals surface area contributed by atoms with Crippen molar-refractivity contribution in [3.63, 3.8) is 0 Å². The molecule has 1 heterocycles. The third-order valence-electron chi connectivity index (χ3n) is 3.29. The van der Waals surface area contributed by atoms with E-state index >= 15 is 0 Å². The molecule has 6 heteroatoms. The first-order valence-corrected chi connectivity index (χ1v) is 6.87. The van der Waals surface area contributed by atoms with Gasteiger partial charge in [-0.05, 0) is 44.1 Å². The molecule has 1 amide bonds. The minimum Gasteiger partial charge on any atom is -0.484 e. The largest absolute Gasteiger partial charge is 0.484 e. The van der Waals surface area contributed by atoms with E-state index in [0.29, 0.717) is 16.7 Å². The van der Waals surface area contributed by atoms with E-state index in [1.54, 1.807) is 24.3 Å². The van der Waals surface area contributed by atoms with Crippen LogP contribution in [0.15, 0.2) is 24.3 Å². The molecule has 1 atom stereocenters. The molecule has 112 valence electrons. The van der Waals surface area contributed by atoms with Crippen LogP contribution >= 0.6 is 24.0 Å². The first-order chi connectivity index (χ1) is 9.19. The Hall–Kier alpha value is -0.970. The van der Waals surface area contributed by atoms with E-state index in [1.165, 1.54) is 0 Å². The van der Waals surface area contributed by atoms with Crippen molar-refractivity contribution >= 4 is 29.9 Å². The Morgan fingerprint density at radius 1 is 1.55 bits per heavy atom. The highest BCUT2D eigenvalue weighted by molar-refractivity contribution is 6.30. The number of carbonyl (C=O) groups excluding carboxylic acids is 1. The fraction of sp³-hybridized carbons (Fsp3) is 0.500. The van der Waals surface area contributed by atoms with Gasteiger partial charge in [-0.15, -0.1) is 12.4 Å². The molecule has 0 radical (unpaired) electrons. The van der Waals surface area contributed by atoms with Gasteiger partial charge in [-0.2, -0.15) is 0 Å². The van der Waals surface area contributed by atoms with Crippen molar-refractivity contribution in [2.45, 2.75) is 6.42 Å². The van der Waals surface area contributed by atoms with Crippen LogP contribution in [-0.2, 0) is 4.79 Å². The number of halogens is 2. The fourth-order valence-electron chi connectivity index (χ4n) is 2.31. The highest BCUT2D eigenvalue weighted by Gasteiger charge is 2.25. The van der Waals surface area contributed by atoms with E-state index in [0.717, 1.165) is 26.1 Å². The monoisotopic (exact) mass is 318 g/mol. The lowest BCUT2D eigenvalue weighted by Gasteiger charge is -2.17. The second-order valence-corrected chi connectivity index (χ2v) is 5.23. The average molecular weight is 319 g/mol. The van der Waals surface area contributed by atoms with Crippen LogP contribution in [0, 0.1) is 5.92 Å². The van der Waals surface area contributed by atoms with Gasteiger partial charge in [0.15, 0.2) is 6.61 Å². The first kappa shape index (κ1) is 17.1. The van der Waals surface area contributed by atoms with Crippen LogP contribution in [0.4, 0.5) is 0 Å².